The molecule has 0 aromatic carbocycles. The van der Waals surface area contributed by atoms with Gasteiger partial charge in [-0.25, -0.2) is 9.86 Å². The number of piperidine rings is 1. The third kappa shape index (κ3) is 3.18. The monoisotopic (exact) mass is 255 g/mol. The van der Waals surface area contributed by atoms with Gasteiger partial charge in [-0.3, -0.25) is 14.4 Å². The normalized spacial score (nSPS) is 20.7. The molecule has 0 aromatic rings. The van der Waals surface area contributed by atoms with E-state index in [9.17, 15) is 14.4 Å². The van der Waals surface area contributed by atoms with Crippen LogP contribution in [0.1, 0.15) is 27.2 Å². The summed E-state index contributed by atoms with van der Waals surface area (Å²) in [4.78, 5) is 39.7. The van der Waals surface area contributed by atoms with Crippen molar-refractivity contribution in [1.29, 1.82) is 0 Å². The summed E-state index contributed by atoms with van der Waals surface area (Å²) in [6, 6.07) is 0. The summed E-state index contributed by atoms with van der Waals surface area (Å²) in [5.41, 5.74) is -0.656. The second kappa shape index (κ2) is 5.33. The molecule has 6 heteroatoms. The summed E-state index contributed by atoms with van der Waals surface area (Å²) in [6.45, 7) is 5.64. The summed E-state index contributed by atoms with van der Waals surface area (Å²) in [6.07, 6.45) is 0.126. The van der Waals surface area contributed by atoms with Crippen molar-refractivity contribution in [2.24, 2.45) is 5.92 Å². The SMILES string of the molecule is COC(=O)C1C(=O)CCN(OC(C)(C)C)C1=C=O. The van der Waals surface area contributed by atoms with E-state index < -0.39 is 17.5 Å². The molecule has 1 unspecified atom stereocenters. The molecule has 1 heterocycles. The van der Waals surface area contributed by atoms with Gasteiger partial charge < -0.3 is 4.74 Å². The maximum atomic E-state index is 11.7. The highest BCUT2D eigenvalue weighted by Crippen LogP contribution is 2.26. The third-order valence-electron chi connectivity index (χ3n) is 2.35. The largest absolute Gasteiger partial charge is 0.468 e. The number of carbonyl (C=O) groups is 2. The Morgan fingerprint density at radius 3 is 2.50 bits per heavy atom. The molecule has 0 aromatic heterocycles. The van der Waals surface area contributed by atoms with Crippen LogP contribution in [0.2, 0.25) is 0 Å². The Bertz CT molecular complexity index is 395. The van der Waals surface area contributed by atoms with Crippen LogP contribution in [0.4, 0.5) is 0 Å². The Morgan fingerprint density at radius 1 is 1.44 bits per heavy atom. The summed E-state index contributed by atoms with van der Waals surface area (Å²) in [5, 5.41) is 1.26. The first-order chi connectivity index (χ1) is 8.30. The summed E-state index contributed by atoms with van der Waals surface area (Å²) in [5.74, 6) is -0.731. The number of ketones is 1. The number of esters is 1. The topological polar surface area (TPSA) is 72.9 Å². The molecule has 1 fully saturated rings. The average Bonchev–Trinajstić information content (AvgIpc) is 2.28. The number of hydrogen-bond donors (Lipinski definition) is 0. The van der Waals surface area contributed by atoms with Gasteiger partial charge in [-0.1, -0.05) is 0 Å². The van der Waals surface area contributed by atoms with E-state index >= 15 is 0 Å². The van der Waals surface area contributed by atoms with Gasteiger partial charge in [0.25, 0.3) is 0 Å². The standard InChI is InChI=1S/C12H17NO5/c1-12(2,3)18-13-6-5-9(15)10(8(13)7-14)11(16)17-4/h10H,5-6H2,1-4H3. The van der Waals surface area contributed by atoms with Gasteiger partial charge in [-0.05, 0) is 20.8 Å². The van der Waals surface area contributed by atoms with Crippen LogP contribution in [0.3, 0.4) is 0 Å². The van der Waals surface area contributed by atoms with E-state index in [1.807, 2.05) is 0 Å². The van der Waals surface area contributed by atoms with Gasteiger partial charge in [0.2, 0.25) is 0 Å². The summed E-state index contributed by atoms with van der Waals surface area (Å²) in [7, 11) is 1.17. The minimum atomic E-state index is -1.23. The summed E-state index contributed by atoms with van der Waals surface area (Å²) >= 11 is 0. The van der Waals surface area contributed by atoms with Crippen molar-refractivity contribution < 1.29 is 24.0 Å². The van der Waals surface area contributed by atoms with E-state index in [1.54, 1.807) is 26.7 Å². The van der Waals surface area contributed by atoms with Crippen LogP contribution in [0, 0.1) is 5.92 Å². The molecule has 0 radical (unpaired) electrons. The molecule has 0 aliphatic carbocycles. The van der Waals surface area contributed by atoms with Crippen molar-refractivity contribution in [3.05, 3.63) is 5.70 Å². The number of nitrogens with zero attached hydrogens (tertiary/aromatic N) is 1. The molecule has 0 bridgehead atoms. The Balaban J connectivity index is 3.01. The lowest BCUT2D eigenvalue weighted by atomic mass is 9.94. The van der Waals surface area contributed by atoms with Crippen LogP contribution in [-0.4, -0.2) is 42.0 Å². The molecule has 0 amide bonds. The zero-order valence-corrected chi connectivity index (χ0v) is 11.0. The van der Waals surface area contributed by atoms with Gasteiger partial charge in [-0.15, -0.1) is 0 Å². The molecular weight excluding hydrogens is 238 g/mol. The maximum Gasteiger partial charge on any atom is 0.323 e. The molecule has 1 aliphatic rings. The lowest BCUT2D eigenvalue weighted by Crippen LogP contribution is -2.45. The first-order valence-electron chi connectivity index (χ1n) is 5.62. The average molecular weight is 255 g/mol. The highest BCUT2D eigenvalue weighted by atomic mass is 16.7. The molecule has 1 rings (SSSR count). The van der Waals surface area contributed by atoms with Crippen LogP contribution >= 0.6 is 0 Å². The van der Waals surface area contributed by atoms with Crippen molar-refractivity contribution in [3.8, 4) is 0 Å². The lowest BCUT2D eigenvalue weighted by Gasteiger charge is -2.35. The van der Waals surface area contributed by atoms with E-state index in [0.29, 0.717) is 0 Å². The maximum absolute atomic E-state index is 11.7. The fourth-order valence-electron chi connectivity index (χ4n) is 1.67. The predicted octanol–water partition coefficient (Wildman–Crippen LogP) is 0.496. The molecule has 1 aliphatic heterocycles. The molecule has 1 saturated heterocycles. The fraction of sp³-hybridized carbons (Fsp3) is 0.667. The van der Waals surface area contributed by atoms with E-state index in [0.717, 1.165) is 0 Å². The Hall–Kier alpha value is -1.65. The van der Waals surface area contributed by atoms with Crippen LogP contribution in [-0.2, 0) is 24.0 Å². The van der Waals surface area contributed by atoms with Gasteiger partial charge >= 0.3 is 5.97 Å². The molecule has 0 saturated carbocycles. The zero-order chi connectivity index (χ0) is 13.9. The smallest absolute Gasteiger partial charge is 0.323 e. The van der Waals surface area contributed by atoms with Crippen LogP contribution in [0.25, 0.3) is 0 Å². The minimum Gasteiger partial charge on any atom is -0.468 e. The first-order valence-corrected chi connectivity index (χ1v) is 5.62. The van der Waals surface area contributed by atoms with E-state index in [4.69, 9.17) is 4.84 Å². The fourth-order valence-corrected chi connectivity index (χ4v) is 1.67. The van der Waals surface area contributed by atoms with Gasteiger partial charge in [0.05, 0.1) is 19.3 Å². The molecule has 6 nitrogen and oxygen atoms in total. The van der Waals surface area contributed by atoms with Crippen LogP contribution in [0.5, 0.6) is 0 Å². The van der Waals surface area contributed by atoms with Gasteiger partial charge in [0.1, 0.15) is 11.6 Å². The second-order valence-electron chi connectivity index (χ2n) is 4.97. The lowest BCUT2D eigenvalue weighted by molar-refractivity contribution is -0.217. The van der Waals surface area contributed by atoms with E-state index in [1.165, 1.54) is 12.2 Å². The zero-order valence-electron chi connectivity index (χ0n) is 11.0. The van der Waals surface area contributed by atoms with Crippen molar-refractivity contribution in [1.82, 2.24) is 5.06 Å². The number of carbonyl (C=O) groups excluding carboxylic acids is 3. The van der Waals surface area contributed by atoms with E-state index in [-0.39, 0.29) is 24.4 Å². The molecule has 1 atom stereocenters. The summed E-state index contributed by atoms with van der Waals surface area (Å²) < 4.78 is 4.53. The number of hydroxylamine groups is 2. The van der Waals surface area contributed by atoms with Gasteiger partial charge in [0.15, 0.2) is 11.7 Å². The van der Waals surface area contributed by atoms with Crippen LogP contribution in [0.15, 0.2) is 5.70 Å². The van der Waals surface area contributed by atoms with Crippen molar-refractivity contribution in [2.45, 2.75) is 32.8 Å². The van der Waals surface area contributed by atoms with E-state index in [2.05, 4.69) is 4.74 Å². The van der Waals surface area contributed by atoms with Crippen molar-refractivity contribution in [2.75, 3.05) is 13.7 Å². The number of ether oxygens (including phenoxy) is 1. The quantitative estimate of drug-likeness (QED) is 0.406. The third-order valence-corrected chi connectivity index (χ3v) is 2.35. The van der Waals surface area contributed by atoms with Crippen molar-refractivity contribution >= 4 is 17.7 Å². The van der Waals surface area contributed by atoms with Gasteiger partial charge in [0, 0.05) is 6.42 Å². The van der Waals surface area contributed by atoms with Crippen molar-refractivity contribution in [3.63, 3.8) is 0 Å². The predicted molar refractivity (Wildman–Crippen MR) is 61.9 cm³/mol. The number of Topliss-reactive ketones (excluding diaryl/α,β-unsaturated/α-hetero) is 1. The molecular formula is C12H17NO5. The number of methoxy groups -OCH3 is 1. The van der Waals surface area contributed by atoms with Crippen LogP contribution < -0.4 is 0 Å². The molecule has 0 N–H and O–H groups in total. The molecule has 100 valence electrons. The second-order valence-corrected chi connectivity index (χ2v) is 4.97. The number of rotatable bonds is 2. The first kappa shape index (κ1) is 14.4. The minimum absolute atomic E-state index is 0.118. The molecule has 0 spiro atoms. The number of hydrogen-bond acceptors (Lipinski definition) is 6. The Kier molecular flexibility index (Phi) is 4.27. The Morgan fingerprint density at radius 2 is 2.06 bits per heavy atom. The highest BCUT2D eigenvalue weighted by molar-refractivity contribution is 6.04. The Labute approximate surface area is 105 Å². The molecule has 18 heavy (non-hydrogen) atoms. The van der Waals surface area contributed by atoms with Gasteiger partial charge in [-0.2, -0.15) is 0 Å². The highest BCUT2D eigenvalue weighted by Gasteiger charge is 2.41.